The Kier molecular flexibility index (Phi) is 6.30. The van der Waals surface area contributed by atoms with Crippen LogP contribution in [0.25, 0.3) is 0 Å². The maximum atomic E-state index is 12.8. The number of rotatable bonds is 9. The van der Waals surface area contributed by atoms with Crippen LogP contribution >= 0.6 is 11.6 Å². The van der Waals surface area contributed by atoms with Crippen molar-refractivity contribution in [2.24, 2.45) is 5.92 Å². The molecule has 1 aliphatic heterocycles. The van der Waals surface area contributed by atoms with Crippen molar-refractivity contribution in [3.8, 4) is 0 Å². The molecule has 4 rings (SSSR count). The van der Waals surface area contributed by atoms with E-state index >= 15 is 0 Å². The number of halogens is 1. The Morgan fingerprint density at radius 2 is 2.10 bits per heavy atom. The Hall–Kier alpha value is -1.41. The van der Waals surface area contributed by atoms with E-state index in [-0.39, 0.29) is 10.9 Å². The van der Waals surface area contributed by atoms with Gasteiger partial charge in [-0.2, -0.15) is 0 Å². The number of likely N-dealkylation sites (tertiary alicyclic amines) is 1. The molecule has 2 fully saturated rings. The van der Waals surface area contributed by atoms with Gasteiger partial charge < -0.3 is 9.30 Å². The average molecular weight is 438 g/mol. The van der Waals surface area contributed by atoms with Crippen molar-refractivity contribution in [1.82, 2.24) is 14.5 Å². The summed E-state index contributed by atoms with van der Waals surface area (Å²) in [6, 6.07) is 8.07. The van der Waals surface area contributed by atoms with E-state index in [0.29, 0.717) is 31.5 Å². The third-order valence-electron chi connectivity index (χ3n) is 5.83. The highest BCUT2D eigenvalue weighted by molar-refractivity contribution is 7.91. The second-order valence-electron chi connectivity index (χ2n) is 8.18. The number of ether oxygens (including phenoxy) is 1. The number of hydrogen-bond donors (Lipinski definition) is 0. The van der Waals surface area contributed by atoms with E-state index in [1.54, 1.807) is 13.3 Å². The van der Waals surface area contributed by atoms with Gasteiger partial charge in [0.05, 0.1) is 24.3 Å². The SMILES string of the molecule is COCCn1c(CN2CC[C@@H](c3cccc(Cl)c3)C2)cnc1S(=O)(=O)CC1CC1. The second-order valence-corrected chi connectivity index (χ2v) is 10.5. The van der Waals surface area contributed by atoms with Crippen LogP contribution in [0.2, 0.25) is 5.02 Å². The molecule has 0 bridgehead atoms. The molecular weight excluding hydrogens is 410 g/mol. The van der Waals surface area contributed by atoms with E-state index in [1.165, 1.54) is 5.56 Å². The molecule has 8 heteroatoms. The molecule has 1 atom stereocenters. The van der Waals surface area contributed by atoms with Gasteiger partial charge in [0.25, 0.3) is 0 Å². The van der Waals surface area contributed by atoms with Crippen LogP contribution < -0.4 is 0 Å². The van der Waals surface area contributed by atoms with Gasteiger partial charge in [0, 0.05) is 31.8 Å². The molecule has 2 aromatic rings. The van der Waals surface area contributed by atoms with Gasteiger partial charge in [-0.05, 0) is 55.3 Å². The summed E-state index contributed by atoms with van der Waals surface area (Å²) in [6.45, 7) is 3.54. The summed E-state index contributed by atoms with van der Waals surface area (Å²) in [4.78, 5) is 6.69. The Morgan fingerprint density at radius 1 is 1.28 bits per heavy atom. The van der Waals surface area contributed by atoms with Crippen LogP contribution in [0.5, 0.6) is 0 Å². The minimum atomic E-state index is -3.37. The minimum Gasteiger partial charge on any atom is -0.383 e. The fourth-order valence-electron chi connectivity index (χ4n) is 4.10. The number of sulfone groups is 1. The first-order valence-electron chi connectivity index (χ1n) is 10.2. The maximum Gasteiger partial charge on any atom is 0.227 e. The lowest BCUT2D eigenvalue weighted by Crippen LogP contribution is -2.24. The second kappa shape index (κ2) is 8.76. The topological polar surface area (TPSA) is 64.4 Å². The molecule has 1 aliphatic carbocycles. The Morgan fingerprint density at radius 3 is 2.83 bits per heavy atom. The highest BCUT2D eigenvalue weighted by Crippen LogP contribution is 2.33. The molecular formula is C21H28ClN3O3S. The molecule has 0 N–H and O–H groups in total. The van der Waals surface area contributed by atoms with Gasteiger partial charge in [0.15, 0.2) is 0 Å². The highest BCUT2D eigenvalue weighted by Gasteiger charge is 2.33. The number of benzene rings is 1. The van der Waals surface area contributed by atoms with Crippen molar-refractivity contribution in [3.05, 3.63) is 46.7 Å². The Labute approximate surface area is 177 Å². The first-order chi connectivity index (χ1) is 14.0. The van der Waals surface area contributed by atoms with Gasteiger partial charge in [0.2, 0.25) is 15.0 Å². The molecule has 2 heterocycles. The Bertz CT molecular complexity index is 956. The van der Waals surface area contributed by atoms with Gasteiger partial charge in [0.1, 0.15) is 0 Å². The average Bonchev–Trinajstić information content (AvgIpc) is 3.20. The fraction of sp³-hybridized carbons (Fsp3) is 0.571. The van der Waals surface area contributed by atoms with Crippen molar-refractivity contribution < 1.29 is 13.2 Å². The predicted molar refractivity (Wildman–Crippen MR) is 113 cm³/mol. The molecule has 29 heavy (non-hydrogen) atoms. The quantitative estimate of drug-likeness (QED) is 0.601. The minimum absolute atomic E-state index is 0.196. The molecule has 0 radical (unpaired) electrons. The van der Waals surface area contributed by atoms with Crippen molar-refractivity contribution in [3.63, 3.8) is 0 Å². The molecule has 1 saturated heterocycles. The van der Waals surface area contributed by atoms with Crippen LogP contribution in [-0.4, -0.2) is 55.4 Å². The number of hydrogen-bond acceptors (Lipinski definition) is 5. The van der Waals surface area contributed by atoms with Crippen LogP contribution in [0, 0.1) is 5.92 Å². The summed E-state index contributed by atoms with van der Waals surface area (Å²) in [5.41, 5.74) is 2.20. The monoisotopic (exact) mass is 437 g/mol. The van der Waals surface area contributed by atoms with Crippen LogP contribution in [0.4, 0.5) is 0 Å². The van der Waals surface area contributed by atoms with Gasteiger partial charge in [-0.15, -0.1) is 0 Å². The summed E-state index contributed by atoms with van der Waals surface area (Å²) in [7, 11) is -1.74. The first kappa shape index (κ1) is 20.8. The van der Waals surface area contributed by atoms with Gasteiger partial charge in [-0.25, -0.2) is 13.4 Å². The van der Waals surface area contributed by atoms with E-state index < -0.39 is 9.84 Å². The lowest BCUT2D eigenvalue weighted by Gasteiger charge is -2.18. The van der Waals surface area contributed by atoms with Crippen LogP contribution in [0.1, 0.15) is 36.4 Å². The highest BCUT2D eigenvalue weighted by atomic mass is 35.5. The number of methoxy groups -OCH3 is 1. The fourth-order valence-corrected chi connectivity index (χ4v) is 6.15. The third kappa shape index (κ3) is 5.02. The molecule has 6 nitrogen and oxygen atoms in total. The van der Waals surface area contributed by atoms with Crippen molar-refractivity contribution in [2.75, 3.05) is 32.6 Å². The maximum absolute atomic E-state index is 12.8. The standard InChI is InChI=1S/C21H28ClN3O3S/c1-28-10-9-25-20(12-23-21(25)29(26,27)15-16-5-6-16)14-24-8-7-18(13-24)17-3-2-4-19(22)11-17/h2-4,11-12,16,18H,5-10,13-15H2,1H3/t18-/m1/s1. The summed E-state index contributed by atoms with van der Waals surface area (Å²) in [6.07, 6.45) is 4.80. The number of imidazole rings is 1. The molecule has 0 unspecified atom stereocenters. The molecule has 1 aromatic carbocycles. The van der Waals surface area contributed by atoms with Crippen molar-refractivity contribution in [1.29, 1.82) is 0 Å². The van der Waals surface area contributed by atoms with E-state index in [4.69, 9.17) is 16.3 Å². The lowest BCUT2D eigenvalue weighted by molar-refractivity contribution is 0.182. The first-order valence-corrected chi connectivity index (χ1v) is 12.2. The van der Waals surface area contributed by atoms with E-state index in [0.717, 1.165) is 43.1 Å². The van der Waals surface area contributed by atoms with Crippen LogP contribution in [0.15, 0.2) is 35.6 Å². The zero-order valence-electron chi connectivity index (χ0n) is 16.8. The predicted octanol–water partition coefficient (Wildman–Crippen LogP) is 3.36. The number of nitrogens with zero attached hydrogens (tertiary/aromatic N) is 3. The normalized spacial score (nSPS) is 20.4. The lowest BCUT2D eigenvalue weighted by atomic mass is 9.99. The summed E-state index contributed by atoms with van der Waals surface area (Å²) in [5, 5.41) is 0.964. The largest absolute Gasteiger partial charge is 0.383 e. The van der Waals surface area contributed by atoms with Crippen LogP contribution in [0.3, 0.4) is 0 Å². The van der Waals surface area contributed by atoms with Gasteiger partial charge in [-0.1, -0.05) is 23.7 Å². The van der Waals surface area contributed by atoms with Crippen LogP contribution in [-0.2, 0) is 27.7 Å². The summed E-state index contributed by atoms with van der Waals surface area (Å²) >= 11 is 6.15. The zero-order valence-corrected chi connectivity index (χ0v) is 18.3. The van der Waals surface area contributed by atoms with E-state index in [2.05, 4.69) is 16.0 Å². The van der Waals surface area contributed by atoms with Crippen molar-refractivity contribution in [2.45, 2.75) is 43.4 Å². The van der Waals surface area contributed by atoms with Gasteiger partial charge >= 0.3 is 0 Å². The molecule has 158 valence electrons. The molecule has 1 saturated carbocycles. The summed E-state index contributed by atoms with van der Waals surface area (Å²) < 4.78 is 32.7. The molecule has 1 aromatic heterocycles. The van der Waals surface area contributed by atoms with E-state index in [1.807, 2.05) is 22.8 Å². The molecule has 2 aliphatic rings. The van der Waals surface area contributed by atoms with Gasteiger partial charge in [-0.3, -0.25) is 4.90 Å². The molecule has 0 amide bonds. The zero-order chi connectivity index (χ0) is 20.4. The molecule has 0 spiro atoms. The Balaban J connectivity index is 1.49. The van der Waals surface area contributed by atoms with Crippen molar-refractivity contribution >= 4 is 21.4 Å². The smallest absolute Gasteiger partial charge is 0.227 e. The number of aromatic nitrogens is 2. The summed E-state index contributed by atoms with van der Waals surface area (Å²) in [5.74, 6) is 0.951. The third-order valence-corrected chi connectivity index (χ3v) is 7.86. The van der Waals surface area contributed by atoms with E-state index in [9.17, 15) is 8.42 Å².